The quantitative estimate of drug-likeness (QED) is 0.463. The van der Waals surface area contributed by atoms with Gasteiger partial charge in [0.25, 0.3) is 0 Å². The van der Waals surface area contributed by atoms with E-state index in [9.17, 15) is 4.79 Å². The van der Waals surface area contributed by atoms with Crippen LogP contribution in [0, 0.1) is 0 Å². The number of rotatable bonds is 4. The van der Waals surface area contributed by atoms with E-state index in [0.29, 0.717) is 21.3 Å². The summed E-state index contributed by atoms with van der Waals surface area (Å²) in [6, 6.07) is 15.8. The number of benzene rings is 2. The molecule has 0 fully saturated rings. The van der Waals surface area contributed by atoms with Gasteiger partial charge < -0.3 is 9.47 Å². The van der Waals surface area contributed by atoms with Gasteiger partial charge in [-0.15, -0.1) is 22.7 Å². The van der Waals surface area contributed by atoms with E-state index in [4.69, 9.17) is 9.47 Å². The van der Waals surface area contributed by atoms with Crippen molar-refractivity contribution in [1.82, 2.24) is 0 Å². The maximum Gasteiger partial charge on any atom is 0.220 e. The normalized spacial score (nSPS) is 11.1. The summed E-state index contributed by atoms with van der Waals surface area (Å²) in [5.41, 5.74) is 0. The summed E-state index contributed by atoms with van der Waals surface area (Å²) < 4.78 is 13.2. The van der Waals surface area contributed by atoms with Gasteiger partial charge >= 0.3 is 0 Å². The molecule has 2 heterocycles. The van der Waals surface area contributed by atoms with Crippen molar-refractivity contribution in [3.8, 4) is 11.5 Å². The summed E-state index contributed by atoms with van der Waals surface area (Å²) in [4.78, 5) is 14.4. The van der Waals surface area contributed by atoms with Crippen molar-refractivity contribution in [2.75, 3.05) is 14.2 Å². The Labute approximate surface area is 147 Å². The van der Waals surface area contributed by atoms with Gasteiger partial charge in [0, 0.05) is 20.2 Å². The van der Waals surface area contributed by atoms with Crippen molar-refractivity contribution in [2.45, 2.75) is 0 Å². The standard InChI is InChI=1S/C19H14O3S2/c1-21-16-11-7-3-5-9-13(11)23-18(16)15(20)19-17(22-2)12-8-4-6-10-14(12)24-19/h3-10H,1-2H3. The van der Waals surface area contributed by atoms with Crippen LogP contribution in [0.2, 0.25) is 0 Å². The number of hydrogen-bond donors (Lipinski definition) is 0. The van der Waals surface area contributed by atoms with Gasteiger partial charge in [0.15, 0.2) is 0 Å². The maximum atomic E-state index is 13.2. The largest absolute Gasteiger partial charge is 0.494 e. The molecular formula is C19H14O3S2. The third-order valence-electron chi connectivity index (χ3n) is 3.92. The number of fused-ring (bicyclic) bond motifs is 2. The Morgan fingerprint density at radius 1 is 0.750 bits per heavy atom. The molecule has 0 spiro atoms. The average Bonchev–Trinajstić information content (AvgIpc) is 3.18. The van der Waals surface area contributed by atoms with Crippen molar-refractivity contribution in [3.63, 3.8) is 0 Å². The molecule has 0 saturated heterocycles. The molecule has 120 valence electrons. The molecular weight excluding hydrogens is 340 g/mol. The van der Waals surface area contributed by atoms with Gasteiger partial charge in [-0.2, -0.15) is 0 Å². The first-order valence-corrected chi connectivity index (χ1v) is 9.03. The molecule has 0 atom stereocenters. The molecule has 0 bridgehead atoms. The highest BCUT2D eigenvalue weighted by Crippen LogP contribution is 2.43. The third-order valence-corrected chi connectivity index (χ3v) is 6.22. The number of carbonyl (C=O) groups excluding carboxylic acids is 1. The van der Waals surface area contributed by atoms with Crippen LogP contribution in [0.4, 0.5) is 0 Å². The molecule has 2 aromatic heterocycles. The maximum absolute atomic E-state index is 13.2. The van der Waals surface area contributed by atoms with Crippen LogP contribution < -0.4 is 9.47 Å². The second-order valence-corrected chi connectivity index (χ2v) is 7.35. The van der Waals surface area contributed by atoms with Gasteiger partial charge in [-0.25, -0.2) is 0 Å². The third kappa shape index (κ3) is 2.20. The van der Waals surface area contributed by atoms with Crippen LogP contribution in [0.5, 0.6) is 11.5 Å². The molecule has 24 heavy (non-hydrogen) atoms. The topological polar surface area (TPSA) is 35.5 Å². The van der Waals surface area contributed by atoms with Crippen molar-refractivity contribution in [1.29, 1.82) is 0 Å². The van der Waals surface area contributed by atoms with E-state index in [1.807, 2.05) is 48.5 Å². The fraction of sp³-hybridized carbons (Fsp3) is 0.105. The molecule has 0 N–H and O–H groups in total. The van der Waals surface area contributed by atoms with Gasteiger partial charge in [0.05, 0.1) is 14.2 Å². The SMILES string of the molecule is COc1c(C(=O)c2sc3ccccc3c2OC)sc2ccccc12. The minimum absolute atomic E-state index is 0.0499. The number of carbonyl (C=O) groups is 1. The molecule has 4 aromatic rings. The number of ketones is 1. The van der Waals surface area contributed by atoms with Crippen molar-refractivity contribution >= 4 is 48.6 Å². The van der Waals surface area contributed by atoms with E-state index in [1.54, 1.807) is 14.2 Å². The number of thiophene rings is 2. The molecule has 5 heteroatoms. The van der Waals surface area contributed by atoms with Crippen LogP contribution in [0.3, 0.4) is 0 Å². The second-order valence-electron chi connectivity index (χ2n) is 5.25. The van der Waals surface area contributed by atoms with E-state index in [0.717, 1.165) is 20.2 Å². The molecule has 4 rings (SSSR count). The number of hydrogen-bond acceptors (Lipinski definition) is 5. The first kappa shape index (κ1) is 15.2. The fourth-order valence-corrected chi connectivity index (χ4v) is 5.15. The van der Waals surface area contributed by atoms with Gasteiger partial charge in [0.1, 0.15) is 21.3 Å². The molecule has 0 saturated carbocycles. The zero-order valence-electron chi connectivity index (χ0n) is 13.2. The average molecular weight is 354 g/mol. The Morgan fingerprint density at radius 3 is 1.58 bits per heavy atom. The van der Waals surface area contributed by atoms with Crippen molar-refractivity contribution in [2.24, 2.45) is 0 Å². The lowest BCUT2D eigenvalue weighted by molar-refractivity contribution is 0.104. The van der Waals surface area contributed by atoms with E-state index in [2.05, 4.69) is 0 Å². The monoisotopic (exact) mass is 354 g/mol. The summed E-state index contributed by atoms with van der Waals surface area (Å²) >= 11 is 2.91. The van der Waals surface area contributed by atoms with Gasteiger partial charge in [-0.3, -0.25) is 4.79 Å². The fourth-order valence-electron chi connectivity index (χ4n) is 2.85. The Balaban J connectivity index is 1.94. The van der Waals surface area contributed by atoms with Crippen LogP contribution in [0.25, 0.3) is 20.2 Å². The highest BCUT2D eigenvalue weighted by Gasteiger charge is 2.26. The minimum Gasteiger partial charge on any atom is -0.494 e. The lowest BCUT2D eigenvalue weighted by Gasteiger charge is -2.04. The molecule has 3 nitrogen and oxygen atoms in total. The predicted molar refractivity (Wildman–Crippen MR) is 100 cm³/mol. The van der Waals surface area contributed by atoms with Crippen LogP contribution in [0.1, 0.15) is 14.5 Å². The smallest absolute Gasteiger partial charge is 0.220 e. The Hall–Kier alpha value is -2.37. The van der Waals surface area contributed by atoms with E-state index >= 15 is 0 Å². The first-order valence-electron chi connectivity index (χ1n) is 7.40. The highest BCUT2D eigenvalue weighted by molar-refractivity contribution is 7.24. The molecule has 0 unspecified atom stereocenters. The van der Waals surface area contributed by atoms with E-state index in [-0.39, 0.29) is 5.78 Å². The summed E-state index contributed by atoms with van der Waals surface area (Å²) in [7, 11) is 3.21. The highest BCUT2D eigenvalue weighted by atomic mass is 32.1. The van der Waals surface area contributed by atoms with Crippen LogP contribution in [-0.4, -0.2) is 20.0 Å². The first-order chi connectivity index (χ1) is 11.7. The number of ether oxygens (including phenoxy) is 2. The molecule has 2 aromatic carbocycles. The molecule has 0 aliphatic heterocycles. The van der Waals surface area contributed by atoms with Crippen LogP contribution in [0.15, 0.2) is 48.5 Å². The van der Waals surface area contributed by atoms with Crippen molar-refractivity contribution < 1.29 is 14.3 Å². The minimum atomic E-state index is -0.0499. The molecule has 0 aliphatic carbocycles. The molecule has 0 radical (unpaired) electrons. The van der Waals surface area contributed by atoms with Gasteiger partial charge in [0.2, 0.25) is 5.78 Å². The zero-order chi connectivity index (χ0) is 16.7. The summed E-state index contributed by atoms with van der Waals surface area (Å²) in [6.45, 7) is 0. The van der Waals surface area contributed by atoms with Gasteiger partial charge in [-0.1, -0.05) is 24.3 Å². The van der Waals surface area contributed by atoms with Crippen molar-refractivity contribution in [3.05, 3.63) is 58.3 Å². The molecule has 0 aliphatic rings. The number of methoxy groups -OCH3 is 2. The Kier molecular flexibility index (Phi) is 3.75. The summed E-state index contributed by atoms with van der Waals surface area (Å²) in [5, 5.41) is 1.93. The molecule has 0 amide bonds. The lowest BCUT2D eigenvalue weighted by atomic mass is 10.1. The van der Waals surface area contributed by atoms with Crippen LogP contribution >= 0.6 is 22.7 Å². The van der Waals surface area contributed by atoms with E-state index < -0.39 is 0 Å². The van der Waals surface area contributed by atoms with E-state index in [1.165, 1.54) is 22.7 Å². The second kappa shape index (κ2) is 5.92. The summed E-state index contributed by atoms with van der Waals surface area (Å²) in [6.07, 6.45) is 0. The zero-order valence-corrected chi connectivity index (χ0v) is 14.8. The lowest BCUT2D eigenvalue weighted by Crippen LogP contribution is -2.00. The predicted octanol–water partition coefficient (Wildman–Crippen LogP) is 5.36. The Morgan fingerprint density at radius 2 is 1.17 bits per heavy atom. The van der Waals surface area contributed by atoms with Gasteiger partial charge in [-0.05, 0) is 24.3 Å². The summed E-state index contributed by atoms with van der Waals surface area (Å²) in [5.74, 6) is 1.23. The van der Waals surface area contributed by atoms with Crippen LogP contribution in [-0.2, 0) is 0 Å². The Bertz CT molecular complexity index is 975.